The quantitative estimate of drug-likeness (QED) is 0.674. The van der Waals surface area contributed by atoms with Gasteiger partial charge in [-0.15, -0.1) is 0 Å². The molecule has 0 radical (unpaired) electrons. The highest BCUT2D eigenvalue weighted by Crippen LogP contribution is 2.46. The predicted octanol–water partition coefficient (Wildman–Crippen LogP) is 2.09. The van der Waals surface area contributed by atoms with Crippen molar-refractivity contribution in [2.45, 2.75) is 57.2 Å². The average Bonchev–Trinajstić information content (AvgIpc) is 2.49. The normalized spacial score (nSPS) is 30.7. The number of nitrogens with one attached hydrogen (secondary N) is 1. The zero-order chi connectivity index (χ0) is 9.15. The molecule has 0 amide bonds. The molecule has 2 rings (SSSR count). The standard InChI is InChI=1S/C11H21NO/c1-2-12-9-5-10-4-8-11(13-10)6-3-7-11/h10,12H,2-9H2,1H3. The van der Waals surface area contributed by atoms with Crippen LogP contribution in [0.5, 0.6) is 0 Å². The molecule has 1 unspecified atom stereocenters. The van der Waals surface area contributed by atoms with Gasteiger partial charge in [-0.05, 0) is 51.6 Å². The molecule has 1 heterocycles. The van der Waals surface area contributed by atoms with Gasteiger partial charge in [-0.25, -0.2) is 0 Å². The Balaban J connectivity index is 1.66. The Morgan fingerprint density at radius 3 is 2.77 bits per heavy atom. The van der Waals surface area contributed by atoms with E-state index < -0.39 is 0 Å². The molecule has 0 aromatic rings. The zero-order valence-corrected chi connectivity index (χ0v) is 8.64. The molecule has 1 saturated heterocycles. The van der Waals surface area contributed by atoms with Gasteiger partial charge in [-0.2, -0.15) is 0 Å². The summed E-state index contributed by atoms with van der Waals surface area (Å²) in [6.45, 7) is 4.36. The Morgan fingerprint density at radius 1 is 1.38 bits per heavy atom. The molecular weight excluding hydrogens is 162 g/mol. The number of hydrogen-bond donors (Lipinski definition) is 1. The molecule has 2 fully saturated rings. The highest BCUT2D eigenvalue weighted by Gasteiger charge is 2.44. The topological polar surface area (TPSA) is 21.3 Å². The van der Waals surface area contributed by atoms with Crippen LogP contribution in [0.25, 0.3) is 0 Å². The van der Waals surface area contributed by atoms with E-state index in [4.69, 9.17) is 4.74 Å². The molecule has 2 heteroatoms. The van der Waals surface area contributed by atoms with E-state index in [1.165, 1.54) is 38.5 Å². The van der Waals surface area contributed by atoms with Gasteiger partial charge >= 0.3 is 0 Å². The van der Waals surface area contributed by atoms with E-state index in [9.17, 15) is 0 Å². The van der Waals surface area contributed by atoms with Crippen LogP contribution in [-0.4, -0.2) is 24.8 Å². The van der Waals surface area contributed by atoms with Gasteiger partial charge in [0.15, 0.2) is 0 Å². The maximum atomic E-state index is 6.09. The Labute approximate surface area is 81.0 Å². The van der Waals surface area contributed by atoms with E-state index in [0.717, 1.165) is 13.1 Å². The first-order valence-corrected chi connectivity index (χ1v) is 5.73. The molecule has 1 atom stereocenters. The van der Waals surface area contributed by atoms with Gasteiger partial charge in [0.25, 0.3) is 0 Å². The monoisotopic (exact) mass is 183 g/mol. The van der Waals surface area contributed by atoms with Crippen LogP contribution in [-0.2, 0) is 4.74 Å². The third-order valence-electron chi connectivity index (χ3n) is 3.50. The maximum Gasteiger partial charge on any atom is 0.0687 e. The van der Waals surface area contributed by atoms with Crippen LogP contribution in [0, 0.1) is 0 Å². The Bertz CT molecular complexity index is 165. The fraction of sp³-hybridized carbons (Fsp3) is 1.00. The van der Waals surface area contributed by atoms with Crippen LogP contribution in [0.1, 0.15) is 45.4 Å². The first-order valence-electron chi connectivity index (χ1n) is 5.73. The van der Waals surface area contributed by atoms with Crippen molar-refractivity contribution in [3.8, 4) is 0 Å². The average molecular weight is 183 g/mol. The van der Waals surface area contributed by atoms with Crippen molar-refractivity contribution in [1.82, 2.24) is 5.32 Å². The lowest BCUT2D eigenvalue weighted by atomic mass is 9.78. The smallest absolute Gasteiger partial charge is 0.0687 e. The SMILES string of the molecule is CCNCCC1CCC2(CCC2)O1. The van der Waals surface area contributed by atoms with Crippen molar-refractivity contribution in [1.29, 1.82) is 0 Å². The molecule has 1 aliphatic carbocycles. The largest absolute Gasteiger partial charge is 0.372 e. The minimum Gasteiger partial charge on any atom is -0.372 e. The van der Waals surface area contributed by atoms with Crippen molar-refractivity contribution >= 4 is 0 Å². The molecule has 0 bridgehead atoms. The lowest BCUT2D eigenvalue weighted by Gasteiger charge is -2.38. The molecule has 1 saturated carbocycles. The molecule has 0 aromatic heterocycles. The summed E-state index contributed by atoms with van der Waals surface area (Å²) in [5, 5.41) is 3.36. The van der Waals surface area contributed by atoms with E-state index in [0.29, 0.717) is 11.7 Å². The summed E-state index contributed by atoms with van der Waals surface area (Å²) in [5.74, 6) is 0. The summed E-state index contributed by atoms with van der Waals surface area (Å²) in [6.07, 6.45) is 8.42. The van der Waals surface area contributed by atoms with E-state index >= 15 is 0 Å². The minimum atomic E-state index is 0.358. The molecular formula is C11H21NO. The Kier molecular flexibility index (Phi) is 2.89. The van der Waals surface area contributed by atoms with Crippen LogP contribution in [0.3, 0.4) is 0 Å². The molecule has 2 nitrogen and oxygen atoms in total. The summed E-state index contributed by atoms with van der Waals surface area (Å²) in [6, 6.07) is 0. The molecule has 13 heavy (non-hydrogen) atoms. The van der Waals surface area contributed by atoms with Gasteiger partial charge in [-0.1, -0.05) is 6.92 Å². The minimum absolute atomic E-state index is 0.358. The van der Waals surface area contributed by atoms with E-state index in [1.807, 2.05) is 0 Å². The van der Waals surface area contributed by atoms with Crippen LogP contribution in [0.4, 0.5) is 0 Å². The van der Waals surface area contributed by atoms with Gasteiger partial charge in [-0.3, -0.25) is 0 Å². The summed E-state index contributed by atoms with van der Waals surface area (Å²) in [7, 11) is 0. The fourth-order valence-corrected chi connectivity index (χ4v) is 2.48. The first kappa shape index (κ1) is 9.47. The van der Waals surface area contributed by atoms with Crippen LogP contribution in [0.2, 0.25) is 0 Å². The van der Waals surface area contributed by atoms with Crippen LogP contribution >= 0.6 is 0 Å². The lowest BCUT2D eigenvalue weighted by Crippen LogP contribution is -2.37. The van der Waals surface area contributed by atoms with Gasteiger partial charge < -0.3 is 10.1 Å². The molecule has 1 spiro atoms. The highest BCUT2D eigenvalue weighted by molar-refractivity contribution is 4.95. The molecule has 1 aliphatic heterocycles. The Hall–Kier alpha value is -0.0800. The molecule has 1 N–H and O–H groups in total. The third kappa shape index (κ3) is 2.05. The van der Waals surface area contributed by atoms with Crippen molar-refractivity contribution in [3.63, 3.8) is 0 Å². The van der Waals surface area contributed by atoms with Gasteiger partial charge in [0.2, 0.25) is 0 Å². The van der Waals surface area contributed by atoms with Gasteiger partial charge in [0.1, 0.15) is 0 Å². The van der Waals surface area contributed by atoms with Crippen LogP contribution in [0.15, 0.2) is 0 Å². The first-order chi connectivity index (χ1) is 6.35. The van der Waals surface area contributed by atoms with Gasteiger partial charge in [0.05, 0.1) is 11.7 Å². The van der Waals surface area contributed by atoms with Gasteiger partial charge in [0, 0.05) is 0 Å². The third-order valence-corrected chi connectivity index (χ3v) is 3.50. The van der Waals surface area contributed by atoms with Crippen molar-refractivity contribution < 1.29 is 4.74 Å². The van der Waals surface area contributed by atoms with Crippen molar-refractivity contribution in [2.75, 3.05) is 13.1 Å². The number of rotatable bonds is 4. The summed E-state index contributed by atoms with van der Waals surface area (Å²) < 4.78 is 6.09. The second-order valence-electron chi connectivity index (χ2n) is 4.46. The van der Waals surface area contributed by atoms with E-state index in [1.54, 1.807) is 0 Å². The summed E-state index contributed by atoms with van der Waals surface area (Å²) in [4.78, 5) is 0. The van der Waals surface area contributed by atoms with Crippen molar-refractivity contribution in [2.24, 2.45) is 0 Å². The number of ether oxygens (including phenoxy) is 1. The number of hydrogen-bond acceptors (Lipinski definition) is 2. The lowest BCUT2D eigenvalue weighted by molar-refractivity contribution is -0.0921. The van der Waals surface area contributed by atoms with Crippen molar-refractivity contribution in [3.05, 3.63) is 0 Å². The molecule has 76 valence electrons. The highest BCUT2D eigenvalue weighted by atomic mass is 16.5. The Morgan fingerprint density at radius 2 is 2.23 bits per heavy atom. The second-order valence-corrected chi connectivity index (χ2v) is 4.46. The fourth-order valence-electron chi connectivity index (χ4n) is 2.48. The molecule has 2 aliphatic rings. The molecule has 0 aromatic carbocycles. The maximum absolute atomic E-state index is 6.09. The van der Waals surface area contributed by atoms with E-state index in [-0.39, 0.29) is 0 Å². The predicted molar refractivity (Wildman–Crippen MR) is 53.8 cm³/mol. The zero-order valence-electron chi connectivity index (χ0n) is 8.64. The summed E-state index contributed by atoms with van der Waals surface area (Å²) in [5.41, 5.74) is 0.358. The second kappa shape index (κ2) is 3.97. The van der Waals surface area contributed by atoms with Crippen LogP contribution < -0.4 is 5.32 Å². The summed E-state index contributed by atoms with van der Waals surface area (Å²) >= 11 is 0. The van der Waals surface area contributed by atoms with E-state index in [2.05, 4.69) is 12.2 Å².